The highest BCUT2D eigenvalue weighted by molar-refractivity contribution is 5.47. The molecule has 1 aromatic carbocycles. The average Bonchev–Trinajstić information content (AvgIpc) is 2.52. The van der Waals surface area contributed by atoms with Crippen molar-refractivity contribution < 1.29 is 4.74 Å². The molecule has 1 aliphatic rings. The molecule has 0 unspecified atom stereocenters. The van der Waals surface area contributed by atoms with E-state index in [0.29, 0.717) is 5.92 Å². The number of ether oxygens (including phenoxy) is 1. The first kappa shape index (κ1) is 8.61. The van der Waals surface area contributed by atoms with Crippen LogP contribution in [-0.4, -0.2) is 6.61 Å². The van der Waals surface area contributed by atoms with Crippen LogP contribution in [0.2, 0.25) is 0 Å². The molecule has 0 saturated carbocycles. The summed E-state index contributed by atoms with van der Waals surface area (Å²) in [5.41, 5.74) is 4.32. The quantitative estimate of drug-likeness (QED) is 0.639. The van der Waals surface area contributed by atoms with Crippen molar-refractivity contribution in [1.82, 2.24) is 0 Å². The Labute approximate surface area is 79.7 Å². The highest BCUT2D eigenvalue weighted by Crippen LogP contribution is 2.32. The fourth-order valence-electron chi connectivity index (χ4n) is 2.08. The molecule has 0 aliphatic carbocycles. The van der Waals surface area contributed by atoms with E-state index in [-0.39, 0.29) is 0 Å². The molecular formula is C12H16O. The molecule has 0 saturated heterocycles. The zero-order valence-electron chi connectivity index (χ0n) is 8.55. The third-order valence-electron chi connectivity index (χ3n) is 2.83. The van der Waals surface area contributed by atoms with Gasteiger partial charge in [0.15, 0.2) is 0 Å². The maximum absolute atomic E-state index is 5.51. The first-order valence-corrected chi connectivity index (χ1v) is 4.95. The van der Waals surface area contributed by atoms with Crippen molar-refractivity contribution in [2.75, 3.05) is 6.61 Å². The molecule has 1 aliphatic heterocycles. The van der Waals surface area contributed by atoms with Crippen LogP contribution in [0.3, 0.4) is 0 Å². The van der Waals surface area contributed by atoms with E-state index in [1.54, 1.807) is 0 Å². The van der Waals surface area contributed by atoms with E-state index >= 15 is 0 Å². The van der Waals surface area contributed by atoms with Gasteiger partial charge in [-0.25, -0.2) is 0 Å². The summed E-state index contributed by atoms with van der Waals surface area (Å²) in [6, 6.07) is 4.31. The molecule has 0 spiro atoms. The normalized spacial score (nSPS) is 14.5. The van der Waals surface area contributed by atoms with Gasteiger partial charge in [0.25, 0.3) is 0 Å². The second kappa shape index (κ2) is 3.06. The molecule has 70 valence electrons. The Morgan fingerprint density at radius 1 is 1.31 bits per heavy atom. The summed E-state index contributed by atoms with van der Waals surface area (Å²) in [6.45, 7) is 7.55. The van der Waals surface area contributed by atoms with Gasteiger partial charge >= 0.3 is 0 Å². The highest BCUT2D eigenvalue weighted by atomic mass is 16.5. The van der Waals surface area contributed by atoms with E-state index in [4.69, 9.17) is 4.74 Å². The molecule has 13 heavy (non-hydrogen) atoms. The third-order valence-corrected chi connectivity index (χ3v) is 2.83. The molecule has 0 bridgehead atoms. The van der Waals surface area contributed by atoms with Crippen molar-refractivity contribution >= 4 is 0 Å². The molecule has 1 heterocycles. The average molecular weight is 176 g/mol. The molecule has 0 radical (unpaired) electrons. The van der Waals surface area contributed by atoms with Gasteiger partial charge in [-0.05, 0) is 30.0 Å². The van der Waals surface area contributed by atoms with Crippen LogP contribution in [0.1, 0.15) is 36.5 Å². The van der Waals surface area contributed by atoms with Crippen molar-refractivity contribution in [1.29, 1.82) is 0 Å². The molecule has 0 aromatic heterocycles. The van der Waals surface area contributed by atoms with Crippen molar-refractivity contribution in [3.63, 3.8) is 0 Å². The smallest absolute Gasteiger partial charge is 0.122 e. The van der Waals surface area contributed by atoms with E-state index in [2.05, 4.69) is 32.9 Å². The predicted molar refractivity (Wildman–Crippen MR) is 54.5 cm³/mol. The van der Waals surface area contributed by atoms with Gasteiger partial charge in [0.1, 0.15) is 5.75 Å². The lowest BCUT2D eigenvalue weighted by Crippen LogP contribution is -1.95. The topological polar surface area (TPSA) is 9.23 Å². The summed E-state index contributed by atoms with van der Waals surface area (Å²) in [5.74, 6) is 1.72. The SMILES string of the molecule is Cc1c(C(C)C)ccc2c1CCO2. The molecule has 0 fully saturated rings. The zero-order chi connectivity index (χ0) is 9.42. The second-order valence-corrected chi connectivity index (χ2v) is 4.01. The van der Waals surface area contributed by atoms with E-state index in [9.17, 15) is 0 Å². The van der Waals surface area contributed by atoms with Gasteiger partial charge < -0.3 is 4.74 Å². The highest BCUT2D eigenvalue weighted by Gasteiger charge is 2.17. The van der Waals surface area contributed by atoms with Gasteiger partial charge in [0.05, 0.1) is 6.61 Å². The Morgan fingerprint density at radius 2 is 2.08 bits per heavy atom. The third kappa shape index (κ3) is 1.32. The second-order valence-electron chi connectivity index (χ2n) is 4.01. The summed E-state index contributed by atoms with van der Waals surface area (Å²) in [5, 5.41) is 0. The van der Waals surface area contributed by atoms with Crippen LogP contribution in [0.25, 0.3) is 0 Å². The van der Waals surface area contributed by atoms with Gasteiger partial charge in [0.2, 0.25) is 0 Å². The van der Waals surface area contributed by atoms with Crippen LogP contribution in [-0.2, 0) is 6.42 Å². The number of rotatable bonds is 1. The van der Waals surface area contributed by atoms with Crippen LogP contribution in [0.4, 0.5) is 0 Å². The van der Waals surface area contributed by atoms with Gasteiger partial charge in [0, 0.05) is 12.0 Å². The number of hydrogen-bond acceptors (Lipinski definition) is 1. The van der Waals surface area contributed by atoms with Gasteiger partial charge in [-0.15, -0.1) is 0 Å². The van der Waals surface area contributed by atoms with Crippen molar-refractivity contribution in [2.45, 2.75) is 33.1 Å². The summed E-state index contributed by atoms with van der Waals surface area (Å²) >= 11 is 0. The van der Waals surface area contributed by atoms with E-state index in [1.807, 2.05) is 0 Å². The monoisotopic (exact) mass is 176 g/mol. The van der Waals surface area contributed by atoms with E-state index in [0.717, 1.165) is 18.8 Å². The number of hydrogen-bond donors (Lipinski definition) is 0. The Hall–Kier alpha value is -0.980. The molecular weight excluding hydrogens is 160 g/mol. The fraction of sp³-hybridized carbons (Fsp3) is 0.500. The van der Waals surface area contributed by atoms with Crippen molar-refractivity contribution in [3.8, 4) is 5.75 Å². The van der Waals surface area contributed by atoms with Crippen molar-refractivity contribution in [2.24, 2.45) is 0 Å². The summed E-state index contributed by atoms with van der Waals surface area (Å²) in [4.78, 5) is 0. The van der Waals surface area contributed by atoms with Gasteiger partial charge in [-0.3, -0.25) is 0 Å². The van der Waals surface area contributed by atoms with Crippen LogP contribution >= 0.6 is 0 Å². The largest absolute Gasteiger partial charge is 0.493 e. The Morgan fingerprint density at radius 3 is 2.77 bits per heavy atom. The van der Waals surface area contributed by atoms with E-state index < -0.39 is 0 Å². The fourth-order valence-corrected chi connectivity index (χ4v) is 2.08. The maximum Gasteiger partial charge on any atom is 0.122 e. The number of benzene rings is 1. The number of fused-ring (bicyclic) bond motifs is 1. The minimum Gasteiger partial charge on any atom is -0.493 e. The van der Waals surface area contributed by atoms with E-state index in [1.165, 1.54) is 16.7 Å². The van der Waals surface area contributed by atoms with Crippen LogP contribution in [0.5, 0.6) is 5.75 Å². The summed E-state index contributed by atoms with van der Waals surface area (Å²) in [7, 11) is 0. The minimum absolute atomic E-state index is 0.617. The summed E-state index contributed by atoms with van der Waals surface area (Å²) < 4.78 is 5.51. The first-order valence-electron chi connectivity index (χ1n) is 4.95. The molecule has 2 rings (SSSR count). The maximum atomic E-state index is 5.51. The molecule has 0 atom stereocenters. The lowest BCUT2D eigenvalue weighted by molar-refractivity contribution is 0.357. The minimum atomic E-state index is 0.617. The Bertz CT molecular complexity index is 326. The van der Waals surface area contributed by atoms with Gasteiger partial charge in [-0.2, -0.15) is 0 Å². The molecule has 1 nitrogen and oxygen atoms in total. The molecule has 0 N–H and O–H groups in total. The lowest BCUT2D eigenvalue weighted by Gasteiger charge is -2.12. The standard InChI is InChI=1S/C12H16O/c1-8(2)10-4-5-12-11(9(10)3)6-7-13-12/h4-5,8H,6-7H2,1-3H3. The van der Waals surface area contributed by atoms with Crippen molar-refractivity contribution in [3.05, 3.63) is 28.8 Å². The molecule has 0 amide bonds. The predicted octanol–water partition coefficient (Wildman–Crippen LogP) is 3.05. The first-order chi connectivity index (χ1) is 6.20. The van der Waals surface area contributed by atoms with Crippen LogP contribution in [0, 0.1) is 6.92 Å². The molecule has 1 heteroatoms. The molecule has 1 aromatic rings. The zero-order valence-corrected chi connectivity index (χ0v) is 8.55. The Balaban J connectivity index is 2.52. The van der Waals surface area contributed by atoms with Crippen LogP contribution in [0.15, 0.2) is 12.1 Å². The lowest BCUT2D eigenvalue weighted by atomic mass is 9.93. The Kier molecular flexibility index (Phi) is 2.03. The van der Waals surface area contributed by atoms with Crippen LogP contribution < -0.4 is 4.74 Å². The summed E-state index contributed by atoms with van der Waals surface area (Å²) in [6.07, 6.45) is 1.09. The van der Waals surface area contributed by atoms with Gasteiger partial charge in [-0.1, -0.05) is 19.9 Å².